The average Bonchev–Trinajstić information content (AvgIpc) is 3.20. The lowest BCUT2D eigenvalue weighted by molar-refractivity contribution is -0.123. The van der Waals surface area contributed by atoms with Crippen LogP contribution in [0.15, 0.2) is 49.1 Å². The summed E-state index contributed by atoms with van der Waals surface area (Å²) in [6, 6.07) is 8.09. The van der Waals surface area contributed by atoms with Gasteiger partial charge in [-0.2, -0.15) is 0 Å². The molecular formula is C26H35NO2. The standard InChI is InChI=1S/C26H35NO2/c1-6-9-10-11-12-19-17-18(4)22-23(19)25(29)27(24(22)28)21-15-13-20(14-16-21)26(5,7-2)8-3/h6,11-16,18-19,22-23H,1,7-10,17H2,2-5H3/b12-11-. The summed E-state index contributed by atoms with van der Waals surface area (Å²) in [5.74, 6) is -0.0519. The molecule has 2 amide bonds. The Morgan fingerprint density at radius 3 is 2.28 bits per heavy atom. The number of hydrogen-bond donors (Lipinski definition) is 0. The van der Waals surface area contributed by atoms with Crippen LogP contribution in [-0.2, 0) is 15.0 Å². The Morgan fingerprint density at radius 1 is 1.07 bits per heavy atom. The second-order valence-electron chi connectivity index (χ2n) is 9.05. The number of hydrogen-bond acceptors (Lipinski definition) is 2. The van der Waals surface area contributed by atoms with E-state index in [0.717, 1.165) is 32.1 Å². The second kappa shape index (κ2) is 8.69. The van der Waals surface area contributed by atoms with Crippen LogP contribution in [0.4, 0.5) is 5.69 Å². The van der Waals surface area contributed by atoms with E-state index in [9.17, 15) is 9.59 Å². The molecule has 1 aromatic rings. The zero-order valence-electron chi connectivity index (χ0n) is 18.4. The first-order valence-electron chi connectivity index (χ1n) is 11.1. The van der Waals surface area contributed by atoms with E-state index in [0.29, 0.717) is 5.69 Å². The smallest absolute Gasteiger partial charge is 0.238 e. The SMILES string of the molecule is C=CCC/C=C\C1CC(C)C2C(=O)N(c3ccc(C(C)(CC)CC)cc3)C(=O)C12. The van der Waals surface area contributed by atoms with Crippen LogP contribution < -0.4 is 4.90 Å². The van der Waals surface area contributed by atoms with Crippen molar-refractivity contribution < 1.29 is 9.59 Å². The molecule has 0 aromatic heterocycles. The van der Waals surface area contributed by atoms with Crippen molar-refractivity contribution in [3.05, 3.63) is 54.6 Å². The Kier molecular flexibility index (Phi) is 6.45. The van der Waals surface area contributed by atoms with E-state index >= 15 is 0 Å². The highest BCUT2D eigenvalue weighted by Crippen LogP contribution is 2.49. The first-order chi connectivity index (χ1) is 13.9. The molecule has 0 N–H and O–H groups in total. The molecule has 0 radical (unpaired) electrons. The number of rotatable bonds is 8. The van der Waals surface area contributed by atoms with Crippen molar-refractivity contribution in [3.63, 3.8) is 0 Å². The minimum absolute atomic E-state index is 0.0176. The topological polar surface area (TPSA) is 37.4 Å². The maximum Gasteiger partial charge on any atom is 0.238 e. The molecule has 1 aliphatic heterocycles. The fourth-order valence-corrected chi connectivity index (χ4v) is 5.09. The molecule has 3 heteroatoms. The lowest BCUT2D eigenvalue weighted by Crippen LogP contribution is -2.33. The van der Waals surface area contributed by atoms with Crippen LogP contribution in [0.25, 0.3) is 0 Å². The summed E-state index contributed by atoms with van der Waals surface area (Å²) in [6.45, 7) is 12.5. The van der Waals surface area contributed by atoms with E-state index in [1.807, 2.05) is 18.2 Å². The number of allylic oxidation sites excluding steroid dienone is 3. The van der Waals surface area contributed by atoms with Crippen molar-refractivity contribution in [2.45, 2.75) is 65.2 Å². The van der Waals surface area contributed by atoms with E-state index < -0.39 is 0 Å². The highest BCUT2D eigenvalue weighted by Gasteiger charge is 2.57. The van der Waals surface area contributed by atoms with Crippen LogP contribution in [-0.4, -0.2) is 11.8 Å². The van der Waals surface area contributed by atoms with Crippen molar-refractivity contribution in [2.24, 2.45) is 23.7 Å². The van der Waals surface area contributed by atoms with Crippen molar-refractivity contribution in [1.29, 1.82) is 0 Å². The van der Waals surface area contributed by atoms with Gasteiger partial charge in [0.1, 0.15) is 0 Å². The second-order valence-corrected chi connectivity index (χ2v) is 9.05. The number of benzene rings is 1. The Morgan fingerprint density at radius 2 is 1.69 bits per heavy atom. The number of fused-ring (bicyclic) bond motifs is 1. The van der Waals surface area contributed by atoms with Gasteiger partial charge in [-0.05, 0) is 67.1 Å². The van der Waals surface area contributed by atoms with E-state index in [1.165, 1.54) is 10.5 Å². The minimum Gasteiger partial charge on any atom is -0.274 e. The maximum atomic E-state index is 13.3. The third-order valence-electron chi connectivity index (χ3n) is 7.42. The highest BCUT2D eigenvalue weighted by atomic mass is 16.2. The summed E-state index contributed by atoms with van der Waals surface area (Å²) >= 11 is 0. The lowest BCUT2D eigenvalue weighted by atomic mass is 9.78. The van der Waals surface area contributed by atoms with Gasteiger partial charge in [-0.3, -0.25) is 14.5 Å². The quantitative estimate of drug-likeness (QED) is 0.306. The van der Waals surface area contributed by atoms with Crippen LogP contribution >= 0.6 is 0 Å². The number of carbonyl (C=O) groups is 2. The van der Waals surface area contributed by atoms with Crippen molar-refractivity contribution in [1.82, 2.24) is 0 Å². The molecule has 1 aromatic carbocycles. The number of nitrogens with zero attached hydrogens (tertiary/aromatic N) is 1. The van der Waals surface area contributed by atoms with Gasteiger partial charge < -0.3 is 0 Å². The van der Waals surface area contributed by atoms with E-state index in [4.69, 9.17) is 0 Å². The summed E-state index contributed by atoms with van der Waals surface area (Å²) < 4.78 is 0. The minimum atomic E-state index is -0.214. The molecule has 2 fully saturated rings. The van der Waals surface area contributed by atoms with Gasteiger partial charge in [-0.15, -0.1) is 6.58 Å². The van der Waals surface area contributed by atoms with Gasteiger partial charge in [0.2, 0.25) is 11.8 Å². The molecule has 4 atom stereocenters. The predicted octanol–water partition coefficient (Wildman–Crippen LogP) is 6.05. The molecule has 156 valence electrons. The Labute approximate surface area is 175 Å². The third-order valence-corrected chi connectivity index (χ3v) is 7.42. The van der Waals surface area contributed by atoms with Crippen LogP contribution in [0.2, 0.25) is 0 Å². The molecule has 1 saturated carbocycles. The molecule has 0 spiro atoms. The van der Waals surface area contributed by atoms with Gasteiger partial charge >= 0.3 is 0 Å². The molecule has 29 heavy (non-hydrogen) atoms. The average molecular weight is 394 g/mol. The Balaban J connectivity index is 1.83. The highest BCUT2D eigenvalue weighted by molar-refractivity contribution is 6.22. The van der Waals surface area contributed by atoms with E-state index in [-0.39, 0.29) is 40.9 Å². The van der Waals surface area contributed by atoms with Gasteiger partial charge in [-0.25, -0.2) is 0 Å². The molecule has 1 heterocycles. The normalized spacial score (nSPS) is 27.1. The number of imide groups is 1. The molecule has 2 aliphatic rings. The molecule has 1 saturated heterocycles. The fraction of sp³-hybridized carbons (Fsp3) is 0.538. The predicted molar refractivity (Wildman–Crippen MR) is 120 cm³/mol. The summed E-state index contributed by atoms with van der Waals surface area (Å²) in [7, 11) is 0. The maximum absolute atomic E-state index is 13.3. The van der Waals surface area contributed by atoms with Crippen LogP contribution in [0.3, 0.4) is 0 Å². The van der Waals surface area contributed by atoms with Crippen LogP contribution in [0, 0.1) is 23.7 Å². The van der Waals surface area contributed by atoms with E-state index in [2.05, 4.69) is 58.6 Å². The number of carbonyl (C=O) groups excluding carboxylic acids is 2. The zero-order chi connectivity index (χ0) is 21.2. The van der Waals surface area contributed by atoms with Gasteiger partial charge in [-0.1, -0.05) is 58.1 Å². The number of amides is 2. The van der Waals surface area contributed by atoms with Gasteiger partial charge in [0.25, 0.3) is 0 Å². The van der Waals surface area contributed by atoms with Crippen molar-refractivity contribution in [2.75, 3.05) is 4.90 Å². The molecule has 4 unspecified atom stereocenters. The van der Waals surface area contributed by atoms with Gasteiger partial charge in [0.15, 0.2) is 0 Å². The third kappa shape index (κ3) is 3.84. The number of unbranched alkanes of at least 4 members (excludes halogenated alkanes) is 1. The summed E-state index contributed by atoms with van der Waals surface area (Å²) in [6.07, 6.45) is 11.1. The van der Waals surface area contributed by atoms with Crippen LogP contribution in [0.1, 0.15) is 65.4 Å². The fourth-order valence-electron chi connectivity index (χ4n) is 5.09. The Bertz CT molecular complexity index is 787. The van der Waals surface area contributed by atoms with Crippen LogP contribution in [0.5, 0.6) is 0 Å². The monoisotopic (exact) mass is 393 g/mol. The molecular weight excluding hydrogens is 358 g/mol. The zero-order valence-corrected chi connectivity index (χ0v) is 18.4. The lowest BCUT2D eigenvalue weighted by Gasteiger charge is -2.28. The van der Waals surface area contributed by atoms with Crippen molar-refractivity contribution in [3.8, 4) is 0 Å². The Hall–Kier alpha value is -2.16. The molecule has 3 rings (SSSR count). The van der Waals surface area contributed by atoms with Gasteiger partial charge in [0.05, 0.1) is 17.5 Å². The van der Waals surface area contributed by atoms with Crippen molar-refractivity contribution >= 4 is 17.5 Å². The molecule has 1 aliphatic carbocycles. The molecule has 3 nitrogen and oxygen atoms in total. The largest absolute Gasteiger partial charge is 0.274 e. The first kappa shape index (κ1) is 21.5. The number of anilines is 1. The molecule has 0 bridgehead atoms. The summed E-state index contributed by atoms with van der Waals surface area (Å²) in [5.41, 5.74) is 2.11. The first-order valence-corrected chi connectivity index (χ1v) is 11.1. The summed E-state index contributed by atoms with van der Waals surface area (Å²) in [4.78, 5) is 27.9. The van der Waals surface area contributed by atoms with E-state index in [1.54, 1.807) is 0 Å². The van der Waals surface area contributed by atoms with Gasteiger partial charge in [0, 0.05) is 0 Å². The summed E-state index contributed by atoms with van der Waals surface area (Å²) in [5, 5.41) is 0.